The van der Waals surface area contributed by atoms with Crippen LogP contribution < -0.4 is 5.32 Å². The minimum atomic E-state index is -0.431. The summed E-state index contributed by atoms with van der Waals surface area (Å²) < 4.78 is 5.71. The Labute approximate surface area is 102 Å². The molecule has 1 aliphatic rings. The Morgan fingerprint density at radius 2 is 2.12 bits per heavy atom. The van der Waals surface area contributed by atoms with Gasteiger partial charge in [0.1, 0.15) is 5.72 Å². The topological polar surface area (TPSA) is 21.3 Å². The number of ether oxygens (including phenoxy) is 1. The van der Waals surface area contributed by atoms with Crippen molar-refractivity contribution in [3.8, 4) is 0 Å². The molecule has 1 fully saturated rings. The second-order valence-electron chi connectivity index (χ2n) is 4.28. The Morgan fingerprint density at radius 1 is 1.44 bits per heavy atom. The summed E-state index contributed by atoms with van der Waals surface area (Å²) in [7, 11) is 1.74. The predicted octanol–water partition coefficient (Wildman–Crippen LogP) is 3.30. The van der Waals surface area contributed by atoms with Gasteiger partial charge in [0.15, 0.2) is 0 Å². The Balaban J connectivity index is 2.33. The first kappa shape index (κ1) is 11.9. The Kier molecular flexibility index (Phi) is 3.53. The van der Waals surface area contributed by atoms with Crippen LogP contribution in [0.5, 0.6) is 0 Å². The van der Waals surface area contributed by atoms with Crippen LogP contribution in [-0.4, -0.2) is 13.2 Å². The molecule has 3 heteroatoms. The highest BCUT2D eigenvalue weighted by Gasteiger charge is 2.37. The fourth-order valence-electron chi connectivity index (χ4n) is 2.03. The molecule has 1 N–H and O–H groups in total. The van der Waals surface area contributed by atoms with Crippen LogP contribution in [-0.2, 0) is 10.5 Å². The first-order chi connectivity index (χ1) is 7.72. The van der Waals surface area contributed by atoms with E-state index >= 15 is 0 Å². The minimum absolute atomic E-state index is 0.431. The van der Waals surface area contributed by atoms with Crippen molar-refractivity contribution >= 4 is 11.6 Å². The van der Waals surface area contributed by atoms with Gasteiger partial charge in [-0.2, -0.15) is 0 Å². The fraction of sp³-hybridized carbons (Fsp3) is 0.538. The van der Waals surface area contributed by atoms with Crippen LogP contribution in [0.1, 0.15) is 31.7 Å². The van der Waals surface area contributed by atoms with Crippen LogP contribution in [0.25, 0.3) is 0 Å². The van der Waals surface area contributed by atoms with Crippen LogP contribution in [0.3, 0.4) is 0 Å². The third-order valence-electron chi connectivity index (χ3n) is 3.17. The molecule has 0 spiro atoms. The van der Waals surface area contributed by atoms with Gasteiger partial charge in [0.05, 0.1) is 0 Å². The van der Waals surface area contributed by atoms with Gasteiger partial charge in [-0.25, -0.2) is 0 Å². The van der Waals surface area contributed by atoms with Crippen molar-refractivity contribution < 1.29 is 4.74 Å². The zero-order valence-corrected chi connectivity index (χ0v) is 10.6. The van der Waals surface area contributed by atoms with E-state index in [0.717, 1.165) is 17.0 Å². The van der Waals surface area contributed by atoms with Gasteiger partial charge in [0.2, 0.25) is 0 Å². The highest BCUT2D eigenvalue weighted by molar-refractivity contribution is 6.31. The second kappa shape index (κ2) is 4.74. The molecular weight excluding hydrogens is 222 g/mol. The Morgan fingerprint density at radius 3 is 2.62 bits per heavy atom. The van der Waals surface area contributed by atoms with E-state index in [4.69, 9.17) is 16.3 Å². The monoisotopic (exact) mass is 239 g/mol. The normalized spacial score (nSPS) is 19.4. The van der Waals surface area contributed by atoms with E-state index in [1.807, 2.05) is 24.3 Å². The molecule has 1 saturated carbocycles. The van der Waals surface area contributed by atoms with E-state index in [1.54, 1.807) is 7.11 Å². The molecule has 0 aliphatic heterocycles. The summed E-state index contributed by atoms with van der Waals surface area (Å²) in [6, 6.07) is 8.47. The van der Waals surface area contributed by atoms with Crippen molar-refractivity contribution in [3.05, 3.63) is 34.9 Å². The van der Waals surface area contributed by atoms with Crippen LogP contribution in [0.4, 0.5) is 0 Å². The molecule has 88 valence electrons. The van der Waals surface area contributed by atoms with Crippen LogP contribution >= 0.6 is 11.6 Å². The van der Waals surface area contributed by atoms with Gasteiger partial charge in [0, 0.05) is 23.7 Å². The maximum Gasteiger partial charge on any atom is 0.146 e. The average molecular weight is 240 g/mol. The summed E-state index contributed by atoms with van der Waals surface area (Å²) >= 11 is 6.25. The largest absolute Gasteiger partial charge is 0.360 e. The number of hydrogen-bond acceptors (Lipinski definition) is 2. The zero-order chi connectivity index (χ0) is 11.6. The van der Waals surface area contributed by atoms with Crippen molar-refractivity contribution in [1.82, 2.24) is 5.32 Å². The van der Waals surface area contributed by atoms with Crippen molar-refractivity contribution in [3.63, 3.8) is 0 Å². The molecule has 1 atom stereocenters. The SMILES string of the molecule is CC[C@@](NC1CC1)(OC)c1ccccc1Cl. The maximum absolute atomic E-state index is 6.25. The van der Waals surface area contributed by atoms with Gasteiger partial charge in [-0.05, 0) is 25.3 Å². The van der Waals surface area contributed by atoms with Crippen molar-refractivity contribution in [1.29, 1.82) is 0 Å². The Bertz CT molecular complexity index is 359. The lowest BCUT2D eigenvalue weighted by molar-refractivity contribution is -0.0500. The first-order valence-electron chi connectivity index (χ1n) is 5.79. The smallest absolute Gasteiger partial charge is 0.146 e. The van der Waals surface area contributed by atoms with Crippen LogP contribution in [0.2, 0.25) is 5.02 Å². The van der Waals surface area contributed by atoms with E-state index in [2.05, 4.69) is 12.2 Å². The lowest BCUT2D eigenvalue weighted by atomic mass is 9.99. The molecule has 0 radical (unpaired) electrons. The lowest BCUT2D eigenvalue weighted by Gasteiger charge is -2.34. The number of benzene rings is 1. The molecule has 0 bridgehead atoms. The van der Waals surface area contributed by atoms with E-state index in [-0.39, 0.29) is 0 Å². The van der Waals surface area contributed by atoms with Gasteiger partial charge in [-0.3, -0.25) is 5.32 Å². The van der Waals surface area contributed by atoms with Crippen LogP contribution in [0.15, 0.2) is 24.3 Å². The number of hydrogen-bond donors (Lipinski definition) is 1. The van der Waals surface area contributed by atoms with Gasteiger partial charge in [-0.15, -0.1) is 0 Å². The maximum atomic E-state index is 6.25. The molecule has 1 aliphatic carbocycles. The number of halogens is 1. The zero-order valence-electron chi connectivity index (χ0n) is 9.79. The summed E-state index contributed by atoms with van der Waals surface area (Å²) in [5.74, 6) is 0. The molecule has 1 aromatic rings. The number of methoxy groups -OCH3 is 1. The quantitative estimate of drug-likeness (QED) is 0.797. The van der Waals surface area contributed by atoms with Crippen LogP contribution in [0, 0.1) is 0 Å². The molecule has 16 heavy (non-hydrogen) atoms. The standard InChI is InChI=1S/C13H18ClNO/c1-3-13(16-2,15-10-8-9-10)11-6-4-5-7-12(11)14/h4-7,10,15H,3,8-9H2,1-2H3/t13-/m1/s1. The van der Waals surface area contributed by atoms with Crippen molar-refractivity contribution in [2.45, 2.75) is 38.0 Å². The molecule has 0 saturated heterocycles. The van der Waals surface area contributed by atoms with E-state index in [0.29, 0.717) is 6.04 Å². The van der Waals surface area contributed by atoms with Gasteiger partial charge >= 0.3 is 0 Å². The van der Waals surface area contributed by atoms with Gasteiger partial charge in [-0.1, -0.05) is 36.7 Å². The third kappa shape index (κ3) is 2.24. The van der Waals surface area contributed by atoms with Crippen molar-refractivity contribution in [2.24, 2.45) is 0 Å². The lowest BCUT2D eigenvalue weighted by Crippen LogP contribution is -2.45. The molecule has 0 unspecified atom stereocenters. The molecule has 0 heterocycles. The average Bonchev–Trinajstić information content (AvgIpc) is 3.11. The molecule has 2 nitrogen and oxygen atoms in total. The number of rotatable bonds is 5. The molecule has 2 rings (SSSR count). The second-order valence-corrected chi connectivity index (χ2v) is 4.69. The van der Waals surface area contributed by atoms with Crippen molar-refractivity contribution in [2.75, 3.05) is 7.11 Å². The molecule has 0 aromatic heterocycles. The highest BCUT2D eigenvalue weighted by Crippen LogP contribution is 2.35. The first-order valence-corrected chi connectivity index (χ1v) is 6.17. The Hall–Kier alpha value is -0.570. The molecular formula is C13H18ClNO. The summed E-state index contributed by atoms with van der Waals surface area (Å²) in [4.78, 5) is 0. The van der Waals surface area contributed by atoms with E-state index in [1.165, 1.54) is 12.8 Å². The third-order valence-corrected chi connectivity index (χ3v) is 3.50. The van der Waals surface area contributed by atoms with Gasteiger partial charge < -0.3 is 4.74 Å². The highest BCUT2D eigenvalue weighted by atomic mass is 35.5. The molecule has 0 amide bonds. The summed E-state index contributed by atoms with van der Waals surface area (Å²) in [6.45, 7) is 2.11. The summed E-state index contributed by atoms with van der Waals surface area (Å²) in [5.41, 5.74) is 0.605. The van der Waals surface area contributed by atoms with Gasteiger partial charge in [0.25, 0.3) is 0 Å². The summed E-state index contributed by atoms with van der Waals surface area (Å²) in [6.07, 6.45) is 3.33. The fourth-order valence-corrected chi connectivity index (χ4v) is 2.32. The summed E-state index contributed by atoms with van der Waals surface area (Å²) in [5, 5.41) is 4.32. The minimum Gasteiger partial charge on any atom is -0.360 e. The van der Waals surface area contributed by atoms with E-state index < -0.39 is 5.72 Å². The predicted molar refractivity (Wildman–Crippen MR) is 66.6 cm³/mol. The van der Waals surface area contributed by atoms with E-state index in [9.17, 15) is 0 Å². The number of nitrogens with one attached hydrogen (secondary N) is 1. The molecule has 1 aromatic carbocycles.